The molecule has 0 bridgehead atoms. The molecular weight excluding hydrogens is 480 g/mol. The van der Waals surface area contributed by atoms with Gasteiger partial charge < -0.3 is 20.3 Å². The van der Waals surface area contributed by atoms with Crippen molar-refractivity contribution in [3.63, 3.8) is 0 Å². The van der Waals surface area contributed by atoms with E-state index in [-0.39, 0.29) is 41.8 Å². The first-order chi connectivity index (χ1) is 18.0. The topological polar surface area (TPSA) is 112 Å². The molecule has 0 saturated carbocycles. The number of amides is 1. The van der Waals surface area contributed by atoms with Crippen LogP contribution in [0.5, 0.6) is 0 Å². The molecule has 1 amide bonds. The number of epoxide rings is 1. The van der Waals surface area contributed by atoms with Gasteiger partial charge in [-0.25, -0.2) is 0 Å². The van der Waals surface area contributed by atoms with Crippen molar-refractivity contribution in [1.29, 1.82) is 0 Å². The van der Waals surface area contributed by atoms with Gasteiger partial charge in [0.2, 0.25) is 5.91 Å². The van der Waals surface area contributed by atoms with E-state index in [9.17, 15) is 19.8 Å². The van der Waals surface area contributed by atoms with Gasteiger partial charge in [-0.2, -0.15) is 0 Å². The Morgan fingerprint density at radius 3 is 2.71 bits per heavy atom. The summed E-state index contributed by atoms with van der Waals surface area (Å²) in [5, 5.41) is 26.4. The van der Waals surface area contributed by atoms with E-state index in [1.54, 1.807) is 26.1 Å². The fourth-order valence-electron chi connectivity index (χ4n) is 5.85. The van der Waals surface area contributed by atoms with E-state index in [1.807, 2.05) is 37.3 Å². The average Bonchev–Trinajstić information content (AvgIpc) is 3.53. The summed E-state index contributed by atoms with van der Waals surface area (Å²) in [7, 11) is 0. The molecule has 0 spiro atoms. The molecule has 7 nitrogen and oxygen atoms in total. The molecule has 206 valence electrons. The summed E-state index contributed by atoms with van der Waals surface area (Å²) in [6.45, 7) is 11.1. The number of benzene rings is 1. The maximum Gasteiger partial charge on any atom is 0.223 e. The van der Waals surface area contributed by atoms with Crippen molar-refractivity contribution in [2.75, 3.05) is 0 Å². The lowest BCUT2D eigenvalue weighted by Crippen LogP contribution is -2.47. The van der Waals surface area contributed by atoms with Crippen molar-refractivity contribution in [3.05, 3.63) is 54.7 Å². The quantitative estimate of drug-likeness (QED) is 0.399. The highest BCUT2D eigenvalue weighted by Gasteiger charge is 2.52. The Balaban J connectivity index is 1.63. The van der Waals surface area contributed by atoms with E-state index in [1.165, 1.54) is 0 Å². The van der Waals surface area contributed by atoms with Crippen LogP contribution in [0.2, 0.25) is 0 Å². The fourth-order valence-corrected chi connectivity index (χ4v) is 5.85. The Kier molecular flexibility index (Phi) is 8.40. The van der Waals surface area contributed by atoms with Crippen LogP contribution in [-0.2, 0) is 14.3 Å². The third-order valence-corrected chi connectivity index (χ3v) is 8.78. The Morgan fingerprint density at radius 1 is 1.21 bits per heavy atom. The maximum absolute atomic E-state index is 13.6. The van der Waals surface area contributed by atoms with Crippen molar-refractivity contribution < 1.29 is 24.5 Å². The van der Waals surface area contributed by atoms with Gasteiger partial charge in [-0.3, -0.25) is 14.6 Å². The predicted octanol–water partition coefficient (Wildman–Crippen LogP) is 4.66. The summed E-state index contributed by atoms with van der Waals surface area (Å²) < 4.78 is 6.15. The van der Waals surface area contributed by atoms with E-state index in [0.717, 1.165) is 35.7 Å². The Hall–Kier alpha value is -2.61. The SMILES string of the molecule is C=CC[C@H]1C(=O)C(C)(C)[C@@H](O)CC(=O)N[C@H](c2ccc3cccnc3c2)C[C@@H]2O[C@]2(C)CCC[C@H](C)[C@H]1O. The molecule has 4 rings (SSSR count). The molecule has 7 heteroatoms. The number of hydrogen-bond donors (Lipinski definition) is 3. The highest BCUT2D eigenvalue weighted by molar-refractivity contribution is 5.88. The van der Waals surface area contributed by atoms with E-state index in [2.05, 4.69) is 23.8 Å². The number of rotatable bonds is 3. The molecule has 3 heterocycles. The number of ketones is 1. The van der Waals surface area contributed by atoms with Gasteiger partial charge in [0, 0.05) is 23.9 Å². The lowest BCUT2D eigenvalue weighted by molar-refractivity contribution is -0.144. The summed E-state index contributed by atoms with van der Waals surface area (Å²) >= 11 is 0. The Morgan fingerprint density at radius 2 is 1.97 bits per heavy atom. The minimum atomic E-state index is -1.22. The molecule has 38 heavy (non-hydrogen) atoms. The molecular formula is C31H42N2O5. The summed E-state index contributed by atoms with van der Waals surface area (Å²) in [6, 6.07) is 9.56. The second-order valence-corrected chi connectivity index (χ2v) is 12.0. The number of pyridine rings is 1. The zero-order valence-electron chi connectivity index (χ0n) is 23.0. The van der Waals surface area contributed by atoms with Crippen LogP contribution in [0.4, 0.5) is 0 Å². The van der Waals surface area contributed by atoms with Gasteiger partial charge in [-0.15, -0.1) is 6.58 Å². The zero-order chi connectivity index (χ0) is 27.7. The number of nitrogens with one attached hydrogen (secondary N) is 1. The summed E-state index contributed by atoms with van der Waals surface area (Å²) in [5.41, 5.74) is 0.260. The van der Waals surface area contributed by atoms with Gasteiger partial charge in [-0.1, -0.05) is 51.5 Å². The minimum Gasteiger partial charge on any atom is -0.392 e. The van der Waals surface area contributed by atoms with Gasteiger partial charge in [0.05, 0.1) is 47.3 Å². The monoisotopic (exact) mass is 522 g/mol. The molecule has 0 aliphatic carbocycles. The van der Waals surface area contributed by atoms with Crippen LogP contribution < -0.4 is 5.32 Å². The van der Waals surface area contributed by atoms with Crippen molar-refractivity contribution in [2.45, 2.75) is 96.2 Å². The first-order valence-electron chi connectivity index (χ1n) is 13.8. The number of aliphatic hydroxyl groups excluding tert-OH is 2. The number of fused-ring (bicyclic) bond motifs is 2. The van der Waals surface area contributed by atoms with Crippen molar-refractivity contribution in [1.82, 2.24) is 10.3 Å². The van der Waals surface area contributed by atoms with Crippen LogP contribution in [0.15, 0.2) is 49.2 Å². The zero-order valence-corrected chi connectivity index (χ0v) is 23.0. The molecule has 2 saturated heterocycles. The number of aliphatic hydroxyl groups is 2. The number of ether oxygens (including phenoxy) is 1. The second-order valence-electron chi connectivity index (χ2n) is 12.0. The summed E-state index contributed by atoms with van der Waals surface area (Å²) in [4.78, 5) is 31.3. The molecule has 1 aromatic carbocycles. The predicted molar refractivity (Wildman–Crippen MR) is 147 cm³/mol. The lowest BCUT2D eigenvalue weighted by atomic mass is 9.71. The van der Waals surface area contributed by atoms with Crippen LogP contribution >= 0.6 is 0 Å². The largest absolute Gasteiger partial charge is 0.392 e. The van der Waals surface area contributed by atoms with Crippen LogP contribution in [0, 0.1) is 17.3 Å². The normalized spacial score (nSPS) is 34.8. The fraction of sp³-hybridized carbons (Fsp3) is 0.581. The number of hydrogen-bond acceptors (Lipinski definition) is 6. The molecule has 2 fully saturated rings. The van der Waals surface area contributed by atoms with Crippen LogP contribution in [0.3, 0.4) is 0 Å². The second kappa shape index (κ2) is 11.2. The number of Topliss-reactive ketones (excluding diaryl/α,β-unsaturated/α-hetero) is 1. The molecule has 2 aliphatic heterocycles. The number of aromatic nitrogens is 1. The molecule has 7 atom stereocenters. The molecule has 2 aromatic rings. The molecule has 3 N–H and O–H groups in total. The highest BCUT2D eigenvalue weighted by atomic mass is 16.6. The minimum absolute atomic E-state index is 0.0168. The summed E-state index contributed by atoms with van der Waals surface area (Å²) in [5.74, 6) is -1.39. The molecule has 1 aromatic heterocycles. The van der Waals surface area contributed by atoms with Gasteiger partial charge >= 0.3 is 0 Å². The van der Waals surface area contributed by atoms with Crippen molar-refractivity contribution in [2.24, 2.45) is 17.3 Å². The van der Waals surface area contributed by atoms with Crippen molar-refractivity contribution in [3.8, 4) is 0 Å². The van der Waals surface area contributed by atoms with Gasteiger partial charge in [0.1, 0.15) is 5.78 Å². The number of allylic oxidation sites excluding steroid dienone is 1. The number of nitrogens with zero attached hydrogens (tertiary/aromatic N) is 1. The van der Waals surface area contributed by atoms with Crippen LogP contribution in [-0.4, -0.2) is 50.8 Å². The highest BCUT2D eigenvalue weighted by Crippen LogP contribution is 2.46. The van der Waals surface area contributed by atoms with Gasteiger partial charge in [0.25, 0.3) is 0 Å². The van der Waals surface area contributed by atoms with Gasteiger partial charge in [0.15, 0.2) is 0 Å². The molecule has 2 aliphatic rings. The average molecular weight is 523 g/mol. The first-order valence-corrected chi connectivity index (χ1v) is 13.8. The Labute approximate surface area is 225 Å². The van der Waals surface area contributed by atoms with E-state index in [0.29, 0.717) is 12.8 Å². The Bertz CT molecular complexity index is 1180. The molecule has 0 unspecified atom stereocenters. The first kappa shape index (κ1) is 28.4. The van der Waals surface area contributed by atoms with Gasteiger partial charge in [-0.05, 0) is 49.8 Å². The van der Waals surface area contributed by atoms with Crippen molar-refractivity contribution >= 4 is 22.6 Å². The molecule has 0 radical (unpaired) electrons. The number of carbonyl (C=O) groups is 2. The third-order valence-electron chi connectivity index (χ3n) is 8.78. The third kappa shape index (κ3) is 6.00. The summed E-state index contributed by atoms with van der Waals surface area (Å²) in [6.07, 6.45) is 4.42. The number of carbonyl (C=O) groups excluding carboxylic acids is 2. The maximum atomic E-state index is 13.6. The van der Waals surface area contributed by atoms with E-state index >= 15 is 0 Å². The van der Waals surface area contributed by atoms with Crippen LogP contribution in [0.25, 0.3) is 10.9 Å². The van der Waals surface area contributed by atoms with Crippen LogP contribution in [0.1, 0.15) is 77.8 Å². The lowest BCUT2D eigenvalue weighted by Gasteiger charge is -2.36. The van der Waals surface area contributed by atoms with E-state index in [4.69, 9.17) is 4.74 Å². The standard InChI is InChI=1S/C31H42N2O5/c1-6-9-22-28(36)19(2)10-7-14-31(5)26(38-31)17-24(21-13-12-20-11-8-15-32-23(20)16-21)33-27(35)18-25(34)30(3,4)29(22)37/h6,8,11-13,15-16,19,22,24-26,28,34,36H,1,7,9-10,14,17-18H2,2-5H3,(H,33,35)/t19-,22+,24-,25-,26-,28+,31+/m0/s1. The smallest absolute Gasteiger partial charge is 0.223 e. The van der Waals surface area contributed by atoms with E-state index < -0.39 is 23.5 Å².